The van der Waals surface area contributed by atoms with Crippen molar-refractivity contribution >= 4 is 40.6 Å². The van der Waals surface area contributed by atoms with E-state index in [4.69, 9.17) is 11.6 Å². The molecule has 1 fully saturated rings. The molecular weight excluding hydrogens is 402 g/mol. The maximum atomic E-state index is 13.1. The molecule has 2 aromatic rings. The second-order valence-electron chi connectivity index (χ2n) is 7.64. The van der Waals surface area contributed by atoms with Gasteiger partial charge in [-0.05, 0) is 43.2 Å². The van der Waals surface area contributed by atoms with E-state index in [1.54, 1.807) is 11.0 Å². The summed E-state index contributed by atoms with van der Waals surface area (Å²) in [7, 11) is 0. The SMILES string of the molecule is Cc1ccc(C)c(N2N=C(C(=O)N3CCN(c4cccc(Cl)n4)CC3)CCC2=O)c1. The fourth-order valence-electron chi connectivity index (χ4n) is 3.74. The van der Waals surface area contributed by atoms with E-state index < -0.39 is 0 Å². The Kier molecular flexibility index (Phi) is 5.72. The van der Waals surface area contributed by atoms with Gasteiger partial charge in [-0.3, -0.25) is 9.59 Å². The van der Waals surface area contributed by atoms with E-state index in [1.165, 1.54) is 5.01 Å². The monoisotopic (exact) mass is 425 g/mol. The zero-order valence-electron chi connectivity index (χ0n) is 17.1. The topological polar surface area (TPSA) is 69.1 Å². The molecule has 0 atom stereocenters. The number of benzene rings is 1. The summed E-state index contributed by atoms with van der Waals surface area (Å²) in [5, 5.41) is 6.32. The van der Waals surface area contributed by atoms with Crippen LogP contribution < -0.4 is 9.91 Å². The van der Waals surface area contributed by atoms with Gasteiger partial charge in [0, 0.05) is 39.0 Å². The molecule has 0 radical (unpaired) electrons. The lowest BCUT2D eigenvalue weighted by atomic mass is 10.1. The van der Waals surface area contributed by atoms with Gasteiger partial charge in [0.15, 0.2) is 0 Å². The molecule has 0 aliphatic carbocycles. The van der Waals surface area contributed by atoms with Gasteiger partial charge < -0.3 is 9.80 Å². The minimum absolute atomic E-state index is 0.0860. The number of carbonyl (C=O) groups excluding carboxylic acids is 2. The molecule has 0 saturated carbocycles. The molecule has 8 heteroatoms. The summed E-state index contributed by atoms with van der Waals surface area (Å²) in [6.07, 6.45) is 0.652. The van der Waals surface area contributed by atoms with E-state index in [2.05, 4.69) is 15.0 Å². The summed E-state index contributed by atoms with van der Waals surface area (Å²) >= 11 is 5.99. The number of piperazine rings is 1. The molecule has 7 nitrogen and oxygen atoms in total. The number of hydrogen-bond donors (Lipinski definition) is 0. The minimum Gasteiger partial charge on any atom is -0.353 e. The fraction of sp³-hybridized carbons (Fsp3) is 0.364. The lowest BCUT2D eigenvalue weighted by Crippen LogP contribution is -2.51. The standard InChI is InChI=1S/C22H24ClN5O2/c1-15-6-7-16(2)18(14-15)28-21(29)9-8-17(25-28)22(30)27-12-10-26(11-13-27)20-5-3-4-19(23)24-20/h3-7,14H,8-13H2,1-2H3. The van der Waals surface area contributed by atoms with Gasteiger partial charge in [-0.25, -0.2) is 9.99 Å². The fourth-order valence-corrected chi connectivity index (χ4v) is 3.90. The van der Waals surface area contributed by atoms with Crippen molar-refractivity contribution < 1.29 is 9.59 Å². The highest BCUT2D eigenvalue weighted by Gasteiger charge is 2.30. The highest BCUT2D eigenvalue weighted by Crippen LogP contribution is 2.26. The Morgan fingerprint density at radius 2 is 1.80 bits per heavy atom. The number of anilines is 2. The molecule has 0 N–H and O–H groups in total. The van der Waals surface area contributed by atoms with Crippen LogP contribution in [-0.2, 0) is 9.59 Å². The molecule has 4 rings (SSSR count). The van der Waals surface area contributed by atoms with Crippen molar-refractivity contribution in [2.24, 2.45) is 5.10 Å². The first kappa shape index (κ1) is 20.3. The third-order valence-electron chi connectivity index (χ3n) is 5.46. The number of carbonyl (C=O) groups is 2. The lowest BCUT2D eigenvalue weighted by Gasteiger charge is -2.36. The minimum atomic E-state index is -0.100. The Morgan fingerprint density at radius 3 is 2.53 bits per heavy atom. The number of amides is 2. The third kappa shape index (κ3) is 4.16. The normalized spacial score (nSPS) is 17.2. The molecule has 3 heterocycles. The van der Waals surface area contributed by atoms with Crippen LogP contribution in [0.4, 0.5) is 11.5 Å². The predicted molar refractivity (Wildman–Crippen MR) is 118 cm³/mol. The van der Waals surface area contributed by atoms with Crippen molar-refractivity contribution in [2.45, 2.75) is 26.7 Å². The number of aromatic nitrogens is 1. The Balaban J connectivity index is 1.48. The average molecular weight is 426 g/mol. The van der Waals surface area contributed by atoms with Crippen LogP contribution in [0.3, 0.4) is 0 Å². The Bertz CT molecular complexity index is 1010. The number of aryl methyl sites for hydroxylation is 2. The molecule has 0 spiro atoms. The van der Waals surface area contributed by atoms with Crippen molar-refractivity contribution in [1.82, 2.24) is 9.88 Å². The van der Waals surface area contributed by atoms with E-state index in [0.717, 1.165) is 22.6 Å². The maximum absolute atomic E-state index is 13.1. The second kappa shape index (κ2) is 8.44. The van der Waals surface area contributed by atoms with E-state index in [1.807, 2.05) is 44.2 Å². The Hall–Kier alpha value is -2.93. The summed E-state index contributed by atoms with van der Waals surface area (Å²) in [5.74, 6) is 0.630. The van der Waals surface area contributed by atoms with Gasteiger partial charge in [0.05, 0.1) is 5.69 Å². The van der Waals surface area contributed by atoms with Crippen LogP contribution in [0.2, 0.25) is 5.15 Å². The summed E-state index contributed by atoms with van der Waals surface area (Å²) in [5.41, 5.74) is 3.17. The Labute approximate surface area is 180 Å². The molecule has 156 valence electrons. The summed E-state index contributed by atoms with van der Waals surface area (Å²) in [6.45, 7) is 6.41. The van der Waals surface area contributed by atoms with Crippen LogP contribution in [-0.4, -0.2) is 53.6 Å². The second-order valence-corrected chi connectivity index (χ2v) is 8.03. The van der Waals surface area contributed by atoms with Crippen LogP contribution in [0.25, 0.3) is 0 Å². The van der Waals surface area contributed by atoms with Gasteiger partial charge in [-0.1, -0.05) is 29.8 Å². The number of halogens is 1. The molecular formula is C22H24ClN5O2. The molecule has 1 aromatic heterocycles. The largest absolute Gasteiger partial charge is 0.353 e. The van der Waals surface area contributed by atoms with Gasteiger partial charge in [-0.15, -0.1) is 0 Å². The maximum Gasteiger partial charge on any atom is 0.270 e. The van der Waals surface area contributed by atoms with Crippen LogP contribution in [0.15, 0.2) is 41.5 Å². The molecule has 0 bridgehead atoms. The summed E-state index contributed by atoms with van der Waals surface area (Å²) in [6, 6.07) is 11.4. The first-order valence-corrected chi connectivity index (χ1v) is 10.4. The summed E-state index contributed by atoms with van der Waals surface area (Å²) in [4.78, 5) is 33.8. The molecule has 1 saturated heterocycles. The zero-order valence-corrected chi connectivity index (χ0v) is 17.9. The van der Waals surface area contributed by atoms with Crippen molar-refractivity contribution in [1.29, 1.82) is 0 Å². The first-order chi connectivity index (χ1) is 14.4. The molecule has 30 heavy (non-hydrogen) atoms. The van der Waals surface area contributed by atoms with Crippen molar-refractivity contribution in [3.05, 3.63) is 52.7 Å². The quantitative estimate of drug-likeness (QED) is 0.708. The number of hydrazone groups is 1. The average Bonchev–Trinajstić information content (AvgIpc) is 2.75. The number of nitrogens with zero attached hydrogens (tertiary/aromatic N) is 5. The third-order valence-corrected chi connectivity index (χ3v) is 5.67. The van der Waals surface area contributed by atoms with E-state index in [-0.39, 0.29) is 18.2 Å². The van der Waals surface area contributed by atoms with E-state index in [9.17, 15) is 9.59 Å². The van der Waals surface area contributed by atoms with Crippen LogP contribution in [0, 0.1) is 13.8 Å². The first-order valence-electron chi connectivity index (χ1n) is 10.1. The number of pyridine rings is 1. The van der Waals surface area contributed by atoms with Crippen molar-refractivity contribution in [3.63, 3.8) is 0 Å². The number of hydrogen-bond acceptors (Lipinski definition) is 5. The summed E-state index contributed by atoms with van der Waals surface area (Å²) < 4.78 is 0. The van der Waals surface area contributed by atoms with Crippen LogP contribution in [0.5, 0.6) is 0 Å². The highest BCUT2D eigenvalue weighted by atomic mass is 35.5. The molecule has 2 aliphatic heterocycles. The van der Waals surface area contributed by atoms with Gasteiger partial charge in [0.25, 0.3) is 5.91 Å². The predicted octanol–water partition coefficient (Wildman–Crippen LogP) is 3.18. The van der Waals surface area contributed by atoms with Crippen LogP contribution >= 0.6 is 11.6 Å². The van der Waals surface area contributed by atoms with Crippen LogP contribution in [0.1, 0.15) is 24.0 Å². The lowest BCUT2D eigenvalue weighted by molar-refractivity contribution is -0.124. The highest BCUT2D eigenvalue weighted by molar-refractivity contribution is 6.40. The molecule has 1 aromatic carbocycles. The van der Waals surface area contributed by atoms with Gasteiger partial charge >= 0.3 is 0 Å². The molecule has 0 unspecified atom stereocenters. The number of rotatable bonds is 3. The van der Waals surface area contributed by atoms with Crippen molar-refractivity contribution in [2.75, 3.05) is 36.1 Å². The molecule has 2 aliphatic rings. The Morgan fingerprint density at radius 1 is 1.03 bits per heavy atom. The van der Waals surface area contributed by atoms with Crippen molar-refractivity contribution in [3.8, 4) is 0 Å². The smallest absolute Gasteiger partial charge is 0.270 e. The van der Waals surface area contributed by atoms with Gasteiger partial charge in [0.1, 0.15) is 16.7 Å². The van der Waals surface area contributed by atoms with E-state index in [0.29, 0.717) is 43.5 Å². The van der Waals surface area contributed by atoms with Gasteiger partial charge in [0.2, 0.25) is 5.91 Å². The zero-order chi connectivity index (χ0) is 21.3. The van der Waals surface area contributed by atoms with E-state index >= 15 is 0 Å². The van der Waals surface area contributed by atoms with Gasteiger partial charge in [-0.2, -0.15) is 5.10 Å². The molecule has 2 amide bonds.